The van der Waals surface area contributed by atoms with Crippen molar-refractivity contribution in [3.8, 4) is 0 Å². The Labute approximate surface area is 115 Å². The zero-order valence-electron chi connectivity index (χ0n) is 11.1. The molecule has 0 aromatic heterocycles. The predicted octanol–water partition coefficient (Wildman–Crippen LogP) is 3.70. The zero-order chi connectivity index (χ0) is 12.1. The van der Waals surface area contributed by atoms with E-state index in [0.29, 0.717) is 6.04 Å². The molecule has 2 aliphatic rings. The quantitative estimate of drug-likeness (QED) is 0.783. The molecule has 98 valence electrons. The molecule has 17 heavy (non-hydrogen) atoms. The van der Waals surface area contributed by atoms with Crippen LogP contribution in [0, 0.1) is 0 Å². The summed E-state index contributed by atoms with van der Waals surface area (Å²) in [7, 11) is 0. The Kier molecular flexibility index (Phi) is 5.78. The van der Waals surface area contributed by atoms with E-state index in [1.807, 2.05) is 0 Å². The van der Waals surface area contributed by atoms with Crippen LogP contribution in [0.3, 0.4) is 0 Å². The average molecular weight is 271 g/mol. The maximum Gasteiger partial charge on any atom is 0.0410 e. The van der Waals surface area contributed by atoms with Gasteiger partial charge in [0, 0.05) is 28.0 Å². The van der Waals surface area contributed by atoms with Crippen molar-refractivity contribution < 1.29 is 0 Å². The molecule has 3 atom stereocenters. The van der Waals surface area contributed by atoms with Crippen LogP contribution in [0.15, 0.2) is 11.6 Å². The molecule has 3 unspecified atom stereocenters. The second kappa shape index (κ2) is 7.10. The molecular weight excluding hydrogens is 246 g/mol. The number of hydrogen-bond acceptors (Lipinski definition) is 3. The third kappa shape index (κ3) is 3.68. The summed E-state index contributed by atoms with van der Waals surface area (Å²) in [4.78, 5) is 0. The van der Waals surface area contributed by atoms with Crippen molar-refractivity contribution in [1.29, 1.82) is 0 Å². The lowest BCUT2D eigenvalue weighted by molar-refractivity contribution is 0.523. The molecule has 0 amide bonds. The lowest BCUT2D eigenvalue weighted by Gasteiger charge is -2.37. The average Bonchev–Trinajstić information content (AvgIpc) is 2.38. The fourth-order valence-electron chi connectivity index (χ4n) is 2.84. The SMILES string of the molecule is CCNC(C1=CCCCC1)C1SCCSC1C. The van der Waals surface area contributed by atoms with Crippen molar-refractivity contribution in [3.05, 3.63) is 11.6 Å². The lowest BCUT2D eigenvalue weighted by atomic mass is 9.91. The third-order valence-electron chi connectivity index (χ3n) is 3.72. The second-order valence-electron chi connectivity index (χ2n) is 4.97. The first-order chi connectivity index (χ1) is 8.33. The van der Waals surface area contributed by atoms with Gasteiger partial charge >= 0.3 is 0 Å². The molecule has 0 aromatic rings. The Morgan fingerprint density at radius 3 is 2.82 bits per heavy atom. The Balaban J connectivity index is 2.06. The molecule has 0 saturated carbocycles. The maximum atomic E-state index is 3.75. The van der Waals surface area contributed by atoms with E-state index in [1.165, 1.54) is 37.2 Å². The molecule has 1 nitrogen and oxygen atoms in total. The first-order valence-corrected chi connectivity index (χ1v) is 9.08. The number of likely N-dealkylation sites (N-methyl/N-ethyl adjacent to an activating group) is 1. The molecule has 1 N–H and O–H groups in total. The first-order valence-electron chi connectivity index (χ1n) is 6.98. The van der Waals surface area contributed by atoms with Gasteiger partial charge in [-0.05, 0) is 32.2 Å². The summed E-state index contributed by atoms with van der Waals surface area (Å²) in [5, 5.41) is 5.32. The molecule has 0 bridgehead atoms. The molecule has 0 aromatic carbocycles. The molecule has 3 heteroatoms. The van der Waals surface area contributed by atoms with Gasteiger partial charge in [-0.3, -0.25) is 0 Å². The van der Waals surface area contributed by atoms with Crippen LogP contribution in [0.1, 0.15) is 39.5 Å². The Morgan fingerprint density at radius 1 is 1.35 bits per heavy atom. The molecule has 0 radical (unpaired) electrons. The van der Waals surface area contributed by atoms with Crippen LogP contribution in [0.2, 0.25) is 0 Å². The standard InChI is InChI=1S/C14H25NS2/c1-3-15-13(12-7-5-4-6-8-12)14-11(2)16-9-10-17-14/h7,11,13-15H,3-6,8-10H2,1-2H3. The summed E-state index contributed by atoms with van der Waals surface area (Å²) in [6, 6.07) is 0.632. The molecule has 1 saturated heterocycles. The largest absolute Gasteiger partial charge is 0.310 e. The summed E-state index contributed by atoms with van der Waals surface area (Å²) >= 11 is 4.35. The highest BCUT2D eigenvalue weighted by molar-refractivity contribution is 8.07. The van der Waals surface area contributed by atoms with Gasteiger partial charge in [0.15, 0.2) is 0 Å². The highest BCUT2D eigenvalue weighted by Gasteiger charge is 2.32. The molecular formula is C14H25NS2. The van der Waals surface area contributed by atoms with Gasteiger partial charge in [-0.15, -0.1) is 0 Å². The smallest absolute Gasteiger partial charge is 0.0410 e. The van der Waals surface area contributed by atoms with Crippen LogP contribution in [0.4, 0.5) is 0 Å². The summed E-state index contributed by atoms with van der Waals surface area (Å²) < 4.78 is 0. The van der Waals surface area contributed by atoms with Crippen molar-refractivity contribution in [2.75, 3.05) is 18.1 Å². The van der Waals surface area contributed by atoms with E-state index < -0.39 is 0 Å². The van der Waals surface area contributed by atoms with Crippen molar-refractivity contribution in [2.45, 2.75) is 56.1 Å². The van der Waals surface area contributed by atoms with Crippen LogP contribution in [-0.4, -0.2) is 34.6 Å². The Morgan fingerprint density at radius 2 is 2.18 bits per heavy atom. The van der Waals surface area contributed by atoms with Crippen molar-refractivity contribution in [1.82, 2.24) is 5.32 Å². The van der Waals surface area contributed by atoms with Gasteiger partial charge < -0.3 is 5.32 Å². The highest BCUT2D eigenvalue weighted by Crippen LogP contribution is 2.36. The lowest BCUT2D eigenvalue weighted by Crippen LogP contribution is -2.45. The molecule has 2 rings (SSSR count). The van der Waals surface area contributed by atoms with E-state index in [4.69, 9.17) is 0 Å². The van der Waals surface area contributed by atoms with Gasteiger partial charge in [-0.2, -0.15) is 23.5 Å². The van der Waals surface area contributed by atoms with Crippen LogP contribution < -0.4 is 5.32 Å². The zero-order valence-corrected chi connectivity index (χ0v) is 12.7. The normalized spacial score (nSPS) is 32.0. The summed E-state index contributed by atoms with van der Waals surface area (Å²) in [6.07, 6.45) is 7.93. The van der Waals surface area contributed by atoms with E-state index in [2.05, 4.69) is 48.8 Å². The summed E-state index contributed by atoms with van der Waals surface area (Å²) in [6.45, 7) is 5.74. The van der Waals surface area contributed by atoms with Crippen LogP contribution in [-0.2, 0) is 0 Å². The maximum absolute atomic E-state index is 3.75. The first kappa shape index (κ1) is 13.8. The van der Waals surface area contributed by atoms with Crippen LogP contribution >= 0.6 is 23.5 Å². The van der Waals surface area contributed by atoms with Gasteiger partial charge in [0.2, 0.25) is 0 Å². The monoisotopic (exact) mass is 271 g/mol. The van der Waals surface area contributed by atoms with Gasteiger partial charge in [0.25, 0.3) is 0 Å². The second-order valence-corrected chi connectivity index (χ2v) is 7.74. The van der Waals surface area contributed by atoms with E-state index in [-0.39, 0.29) is 0 Å². The summed E-state index contributed by atoms with van der Waals surface area (Å²) in [5.74, 6) is 2.66. The number of allylic oxidation sites excluding steroid dienone is 1. The van der Waals surface area contributed by atoms with Crippen LogP contribution in [0.5, 0.6) is 0 Å². The topological polar surface area (TPSA) is 12.0 Å². The van der Waals surface area contributed by atoms with Gasteiger partial charge in [0.1, 0.15) is 0 Å². The van der Waals surface area contributed by atoms with Gasteiger partial charge in [-0.25, -0.2) is 0 Å². The Hall–Kier alpha value is 0.400. The minimum atomic E-state index is 0.632. The number of thioether (sulfide) groups is 2. The van der Waals surface area contributed by atoms with Crippen molar-refractivity contribution in [3.63, 3.8) is 0 Å². The van der Waals surface area contributed by atoms with Crippen molar-refractivity contribution >= 4 is 23.5 Å². The molecule has 1 fully saturated rings. The van der Waals surface area contributed by atoms with E-state index in [0.717, 1.165) is 17.0 Å². The van der Waals surface area contributed by atoms with Gasteiger partial charge in [-0.1, -0.05) is 25.5 Å². The number of nitrogens with one attached hydrogen (secondary N) is 1. The number of rotatable bonds is 4. The van der Waals surface area contributed by atoms with Gasteiger partial charge in [0.05, 0.1) is 0 Å². The minimum absolute atomic E-state index is 0.632. The van der Waals surface area contributed by atoms with E-state index in [9.17, 15) is 0 Å². The molecule has 1 heterocycles. The van der Waals surface area contributed by atoms with E-state index >= 15 is 0 Å². The third-order valence-corrected chi connectivity index (χ3v) is 6.91. The molecule has 1 aliphatic carbocycles. The summed E-state index contributed by atoms with van der Waals surface area (Å²) in [5.41, 5.74) is 1.70. The fourth-order valence-corrected chi connectivity index (χ4v) is 5.81. The van der Waals surface area contributed by atoms with Crippen molar-refractivity contribution in [2.24, 2.45) is 0 Å². The fraction of sp³-hybridized carbons (Fsp3) is 0.857. The molecule has 0 spiro atoms. The molecule has 1 aliphatic heterocycles. The van der Waals surface area contributed by atoms with E-state index in [1.54, 1.807) is 5.57 Å². The number of hydrogen-bond donors (Lipinski definition) is 1. The van der Waals surface area contributed by atoms with Crippen LogP contribution in [0.25, 0.3) is 0 Å². The Bertz CT molecular complexity index is 265. The predicted molar refractivity (Wildman–Crippen MR) is 82.2 cm³/mol. The minimum Gasteiger partial charge on any atom is -0.310 e. The highest BCUT2D eigenvalue weighted by atomic mass is 32.2.